The van der Waals surface area contributed by atoms with Crippen LogP contribution in [0.3, 0.4) is 0 Å². The summed E-state index contributed by atoms with van der Waals surface area (Å²) in [5.41, 5.74) is 1.29. The number of carbonyl (C=O) groups excluding carboxylic acids is 2. The third-order valence-corrected chi connectivity index (χ3v) is 7.15. The number of hydrogen-bond acceptors (Lipinski definition) is 4. The number of rotatable bonds is 10. The summed E-state index contributed by atoms with van der Waals surface area (Å²) in [7, 11) is -3.71. The van der Waals surface area contributed by atoms with Gasteiger partial charge in [0.1, 0.15) is 12.6 Å². The molecule has 1 atom stereocenters. The molecule has 2 aromatic rings. The zero-order valence-electron chi connectivity index (χ0n) is 19.3. The Morgan fingerprint density at radius 3 is 2.12 bits per heavy atom. The van der Waals surface area contributed by atoms with Crippen LogP contribution in [0.5, 0.6) is 0 Å². The van der Waals surface area contributed by atoms with Crippen LogP contribution < -0.4 is 9.62 Å². The van der Waals surface area contributed by atoms with Crippen molar-refractivity contribution in [3.05, 3.63) is 66.2 Å². The van der Waals surface area contributed by atoms with Crippen molar-refractivity contribution >= 4 is 27.5 Å². The number of amides is 2. The predicted molar refractivity (Wildman–Crippen MR) is 130 cm³/mol. The van der Waals surface area contributed by atoms with Crippen LogP contribution in [0.1, 0.15) is 44.6 Å². The third kappa shape index (κ3) is 6.81. The van der Waals surface area contributed by atoms with E-state index in [9.17, 15) is 18.0 Å². The Morgan fingerprint density at radius 2 is 1.58 bits per heavy atom. The Labute approximate surface area is 196 Å². The molecule has 1 N–H and O–H groups in total. The summed E-state index contributed by atoms with van der Waals surface area (Å²) in [4.78, 5) is 28.3. The molecule has 1 fully saturated rings. The highest BCUT2D eigenvalue weighted by Gasteiger charge is 2.32. The number of para-hydroxylation sites is 1. The number of hydrogen-bond donors (Lipinski definition) is 1. The molecular weight excluding hydrogens is 438 g/mol. The molecule has 1 aliphatic carbocycles. The maximum atomic E-state index is 13.6. The monoisotopic (exact) mass is 471 g/mol. The molecule has 2 aromatic carbocycles. The highest BCUT2D eigenvalue weighted by molar-refractivity contribution is 7.92. The minimum atomic E-state index is -3.71. The normalized spacial score (nSPS) is 15.1. The molecule has 0 bridgehead atoms. The number of sulfonamides is 1. The largest absolute Gasteiger partial charge is 0.352 e. The van der Waals surface area contributed by atoms with Crippen molar-refractivity contribution in [3.63, 3.8) is 0 Å². The van der Waals surface area contributed by atoms with Gasteiger partial charge in [-0.3, -0.25) is 13.9 Å². The minimum Gasteiger partial charge on any atom is -0.352 e. The summed E-state index contributed by atoms with van der Waals surface area (Å²) < 4.78 is 26.1. The zero-order valence-corrected chi connectivity index (χ0v) is 20.1. The molecule has 3 rings (SSSR count). The van der Waals surface area contributed by atoms with Gasteiger partial charge < -0.3 is 10.2 Å². The maximum absolute atomic E-state index is 13.6. The quantitative estimate of drug-likeness (QED) is 0.576. The molecule has 0 heterocycles. The van der Waals surface area contributed by atoms with E-state index < -0.39 is 22.0 Å². The fourth-order valence-corrected chi connectivity index (χ4v) is 5.12. The molecule has 0 radical (unpaired) electrons. The molecule has 178 valence electrons. The molecule has 1 aliphatic rings. The first-order chi connectivity index (χ1) is 15.8. The van der Waals surface area contributed by atoms with Gasteiger partial charge >= 0.3 is 0 Å². The van der Waals surface area contributed by atoms with Crippen molar-refractivity contribution < 1.29 is 18.0 Å². The fourth-order valence-electron chi connectivity index (χ4n) is 4.28. The van der Waals surface area contributed by atoms with E-state index in [-0.39, 0.29) is 25.0 Å². The van der Waals surface area contributed by atoms with Gasteiger partial charge in [-0.15, -0.1) is 0 Å². The van der Waals surface area contributed by atoms with Gasteiger partial charge in [0.05, 0.1) is 11.9 Å². The number of carbonyl (C=O) groups is 2. The molecule has 8 heteroatoms. The van der Waals surface area contributed by atoms with Crippen LogP contribution in [0.2, 0.25) is 0 Å². The molecule has 7 nitrogen and oxygen atoms in total. The van der Waals surface area contributed by atoms with E-state index in [0.29, 0.717) is 12.1 Å². The second-order valence-corrected chi connectivity index (χ2v) is 10.4. The average molecular weight is 472 g/mol. The minimum absolute atomic E-state index is 0.136. The lowest BCUT2D eigenvalue weighted by atomic mass is 10.1. The second-order valence-electron chi connectivity index (χ2n) is 8.53. The van der Waals surface area contributed by atoms with Crippen LogP contribution in [-0.4, -0.2) is 50.0 Å². The zero-order chi connectivity index (χ0) is 23.8. The van der Waals surface area contributed by atoms with Crippen molar-refractivity contribution in [2.45, 2.75) is 57.7 Å². The Hall–Kier alpha value is -2.87. The molecule has 1 saturated carbocycles. The Balaban J connectivity index is 1.88. The summed E-state index contributed by atoms with van der Waals surface area (Å²) >= 11 is 0. The van der Waals surface area contributed by atoms with Crippen molar-refractivity contribution in [2.24, 2.45) is 0 Å². The van der Waals surface area contributed by atoms with E-state index in [0.717, 1.165) is 41.8 Å². The molecule has 2 amide bonds. The van der Waals surface area contributed by atoms with Crippen molar-refractivity contribution in [3.8, 4) is 0 Å². The molecule has 0 aromatic heterocycles. The van der Waals surface area contributed by atoms with Gasteiger partial charge in [0.2, 0.25) is 21.8 Å². The fraction of sp³-hybridized carbons (Fsp3) is 0.440. The lowest BCUT2D eigenvalue weighted by Gasteiger charge is -2.33. The first-order valence-electron chi connectivity index (χ1n) is 11.5. The van der Waals surface area contributed by atoms with Crippen LogP contribution in [0.25, 0.3) is 0 Å². The van der Waals surface area contributed by atoms with Crippen LogP contribution in [0.15, 0.2) is 60.7 Å². The second kappa shape index (κ2) is 11.3. The Morgan fingerprint density at radius 1 is 1.00 bits per heavy atom. The Kier molecular flexibility index (Phi) is 8.49. The van der Waals surface area contributed by atoms with Crippen LogP contribution in [0.4, 0.5) is 5.69 Å². The van der Waals surface area contributed by atoms with Crippen molar-refractivity contribution in [2.75, 3.05) is 17.1 Å². The van der Waals surface area contributed by atoms with Crippen LogP contribution in [-0.2, 0) is 26.2 Å². The number of anilines is 1. The van der Waals surface area contributed by atoms with Gasteiger partial charge in [-0.25, -0.2) is 8.42 Å². The topological polar surface area (TPSA) is 86.8 Å². The molecule has 0 saturated heterocycles. The summed E-state index contributed by atoms with van der Waals surface area (Å²) in [5, 5.41) is 3.10. The molecule has 1 unspecified atom stereocenters. The van der Waals surface area contributed by atoms with Gasteiger partial charge in [-0.1, -0.05) is 68.3 Å². The molecule has 33 heavy (non-hydrogen) atoms. The lowest BCUT2D eigenvalue weighted by molar-refractivity contribution is -0.140. The summed E-state index contributed by atoms with van der Waals surface area (Å²) in [6.45, 7) is 1.72. The van der Waals surface area contributed by atoms with Gasteiger partial charge in [-0.2, -0.15) is 0 Å². The van der Waals surface area contributed by atoms with Crippen molar-refractivity contribution in [1.29, 1.82) is 0 Å². The average Bonchev–Trinajstić information content (AvgIpc) is 3.30. The molecule has 0 aliphatic heterocycles. The number of nitrogens with one attached hydrogen (secondary N) is 1. The lowest BCUT2D eigenvalue weighted by Crippen LogP contribution is -2.53. The Bertz CT molecular complexity index is 1020. The van der Waals surface area contributed by atoms with E-state index >= 15 is 0 Å². The maximum Gasteiger partial charge on any atom is 0.244 e. The van der Waals surface area contributed by atoms with E-state index in [1.807, 2.05) is 37.3 Å². The number of nitrogens with zero attached hydrogens (tertiary/aromatic N) is 2. The van der Waals surface area contributed by atoms with Gasteiger partial charge in [0.15, 0.2) is 0 Å². The van der Waals surface area contributed by atoms with Crippen LogP contribution in [0, 0.1) is 0 Å². The molecule has 0 spiro atoms. The van der Waals surface area contributed by atoms with E-state index in [4.69, 9.17) is 0 Å². The van der Waals surface area contributed by atoms with Gasteiger partial charge in [0.25, 0.3) is 0 Å². The smallest absolute Gasteiger partial charge is 0.244 e. The SMILES string of the molecule is CCC(C(=O)NC1CCCC1)N(Cc1ccccc1)C(=O)CN(c1ccccc1)S(C)(=O)=O. The first-order valence-corrected chi connectivity index (χ1v) is 13.3. The number of benzene rings is 2. The highest BCUT2D eigenvalue weighted by atomic mass is 32.2. The van der Waals surface area contributed by atoms with Gasteiger partial charge in [0, 0.05) is 12.6 Å². The molecular formula is C25H33N3O4S. The predicted octanol–water partition coefficient (Wildman–Crippen LogP) is 3.32. The van der Waals surface area contributed by atoms with E-state index in [1.165, 1.54) is 4.90 Å². The summed E-state index contributed by atoms with van der Waals surface area (Å²) in [6.07, 6.45) is 5.60. The van der Waals surface area contributed by atoms with Crippen molar-refractivity contribution in [1.82, 2.24) is 10.2 Å². The standard InChI is InChI=1S/C25H33N3O4S/c1-3-23(25(30)26-21-14-10-11-15-21)27(18-20-12-6-4-7-13-20)24(29)19-28(33(2,31)32)22-16-8-5-9-17-22/h4-9,12-13,16-17,21,23H,3,10-11,14-15,18-19H2,1-2H3,(H,26,30). The van der Waals surface area contributed by atoms with Gasteiger partial charge in [-0.05, 0) is 37.0 Å². The highest BCUT2D eigenvalue weighted by Crippen LogP contribution is 2.21. The van der Waals surface area contributed by atoms with E-state index in [1.54, 1.807) is 30.3 Å². The van der Waals surface area contributed by atoms with E-state index in [2.05, 4.69) is 5.32 Å². The first kappa shape index (κ1) is 24.8. The van der Waals surface area contributed by atoms with Crippen LogP contribution >= 0.6 is 0 Å². The third-order valence-electron chi connectivity index (χ3n) is 6.01. The summed E-state index contributed by atoms with van der Waals surface area (Å²) in [5.74, 6) is -0.596. The summed E-state index contributed by atoms with van der Waals surface area (Å²) in [6, 6.07) is 17.4.